The normalized spacial score (nSPS) is 19.6. The van der Waals surface area contributed by atoms with Gasteiger partial charge in [-0.1, -0.05) is 17.4 Å². The minimum atomic E-state index is -0.0301. The molecule has 0 atom stereocenters. The zero-order valence-corrected chi connectivity index (χ0v) is 16.0. The molecule has 3 aromatic rings. The predicted octanol–water partition coefficient (Wildman–Crippen LogP) is 3.76. The highest BCUT2D eigenvalue weighted by Crippen LogP contribution is 2.25. The van der Waals surface area contributed by atoms with Crippen molar-refractivity contribution in [3.05, 3.63) is 59.5 Å². The monoisotopic (exact) mass is 382 g/mol. The van der Waals surface area contributed by atoms with E-state index in [9.17, 15) is 4.79 Å². The predicted molar refractivity (Wildman–Crippen MR) is 105 cm³/mol. The van der Waals surface area contributed by atoms with Crippen molar-refractivity contribution in [3.63, 3.8) is 0 Å². The van der Waals surface area contributed by atoms with E-state index in [0.29, 0.717) is 10.8 Å². The number of nitrogens with zero attached hydrogens (tertiary/aromatic N) is 3. The van der Waals surface area contributed by atoms with Crippen LogP contribution in [0, 0.1) is 6.92 Å². The van der Waals surface area contributed by atoms with Crippen molar-refractivity contribution in [3.8, 4) is 11.0 Å². The van der Waals surface area contributed by atoms with Crippen LogP contribution in [0.4, 0.5) is 0 Å². The van der Waals surface area contributed by atoms with Crippen LogP contribution in [0.1, 0.15) is 41.0 Å². The maximum Gasteiger partial charge on any atom is 0.263 e. The number of carbonyl (C=O) groups excluding carboxylic acids is 1. The molecule has 1 aliphatic carbocycles. The highest BCUT2D eigenvalue weighted by atomic mass is 32.1. The summed E-state index contributed by atoms with van der Waals surface area (Å²) in [6.45, 7) is 1.88. The average molecular weight is 382 g/mol. The Kier molecular flexibility index (Phi) is 5.20. The third kappa shape index (κ3) is 4.19. The maximum absolute atomic E-state index is 12.7. The van der Waals surface area contributed by atoms with Crippen molar-refractivity contribution in [1.29, 1.82) is 0 Å². The molecule has 1 fully saturated rings. The molecule has 1 saturated carbocycles. The Morgan fingerprint density at radius 3 is 2.67 bits per heavy atom. The summed E-state index contributed by atoms with van der Waals surface area (Å²) in [6, 6.07) is 9.75. The highest BCUT2D eigenvalue weighted by Gasteiger charge is 2.25. The Bertz CT molecular complexity index is 884. The summed E-state index contributed by atoms with van der Waals surface area (Å²) >= 11 is 1.42. The van der Waals surface area contributed by atoms with Gasteiger partial charge in [0.1, 0.15) is 11.0 Å². The second-order valence-corrected chi connectivity index (χ2v) is 7.71. The summed E-state index contributed by atoms with van der Waals surface area (Å²) in [5, 5.41) is 3.98. The number of hydrogen-bond donors (Lipinski definition) is 1. The molecule has 3 aromatic heterocycles. The van der Waals surface area contributed by atoms with Crippen LogP contribution in [0.25, 0.3) is 5.13 Å². The number of aryl methyl sites for hydroxylation is 1. The Morgan fingerprint density at radius 1 is 1.19 bits per heavy atom. The summed E-state index contributed by atoms with van der Waals surface area (Å²) in [4.78, 5) is 22.1. The van der Waals surface area contributed by atoms with Crippen LogP contribution in [0.3, 0.4) is 0 Å². The van der Waals surface area contributed by atoms with Gasteiger partial charge >= 0.3 is 0 Å². The van der Waals surface area contributed by atoms with Crippen molar-refractivity contribution >= 4 is 17.2 Å². The number of amides is 1. The molecule has 0 unspecified atom stereocenters. The standard InChI is InChI=1S/C20H22N4O2S/c1-14-18(27-20(22-14)24-12-4-5-13-24)19(25)23-15-7-9-16(10-8-15)26-17-6-2-3-11-21-17/h2-6,11-13,15-16H,7-10H2,1H3,(H,23,25). The Labute approximate surface area is 162 Å². The lowest BCUT2D eigenvalue weighted by Gasteiger charge is -2.29. The summed E-state index contributed by atoms with van der Waals surface area (Å²) in [7, 11) is 0. The van der Waals surface area contributed by atoms with Gasteiger partial charge in [-0.25, -0.2) is 9.97 Å². The molecule has 4 rings (SSSR count). The van der Waals surface area contributed by atoms with E-state index < -0.39 is 0 Å². The van der Waals surface area contributed by atoms with Gasteiger partial charge in [0, 0.05) is 30.7 Å². The summed E-state index contributed by atoms with van der Waals surface area (Å²) < 4.78 is 7.85. The number of pyridine rings is 1. The molecule has 0 radical (unpaired) electrons. The topological polar surface area (TPSA) is 69.0 Å². The van der Waals surface area contributed by atoms with E-state index in [4.69, 9.17) is 4.74 Å². The minimum absolute atomic E-state index is 0.0301. The maximum atomic E-state index is 12.7. The van der Waals surface area contributed by atoms with E-state index in [0.717, 1.165) is 36.5 Å². The molecular weight excluding hydrogens is 360 g/mol. The highest BCUT2D eigenvalue weighted by molar-refractivity contribution is 7.16. The van der Waals surface area contributed by atoms with E-state index in [1.807, 2.05) is 54.2 Å². The quantitative estimate of drug-likeness (QED) is 0.729. The molecule has 140 valence electrons. The second kappa shape index (κ2) is 7.92. The molecule has 3 heterocycles. The average Bonchev–Trinajstić information content (AvgIpc) is 3.34. The first-order chi connectivity index (χ1) is 13.2. The van der Waals surface area contributed by atoms with Gasteiger partial charge in [-0.2, -0.15) is 0 Å². The third-order valence-electron chi connectivity index (χ3n) is 4.75. The number of thiazole rings is 1. The number of aromatic nitrogens is 3. The van der Waals surface area contributed by atoms with Gasteiger partial charge in [-0.3, -0.25) is 4.79 Å². The van der Waals surface area contributed by atoms with Gasteiger partial charge < -0.3 is 14.6 Å². The van der Waals surface area contributed by atoms with Crippen LogP contribution in [0.2, 0.25) is 0 Å². The largest absolute Gasteiger partial charge is 0.474 e. The zero-order valence-electron chi connectivity index (χ0n) is 15.2. The van der Waals surface area contributed by atoms with Crippen LogP contribution in [0.5, 0.6) is 5.88 Å². The van der Waals surface area contributed by atoms with Crippen molar-refractivity contribution in [2.45, 2.75) is 44.8 Å². The molecule has 0 saturated heterocycles. The molecule has 1 amide bonds. The molecular formula is C20H22N4O2S. The van der Waals surface area contributed by atoms with Crippen LogP contribution < -0.4 is 10.1 Å². The van der Waals surface area contributed by atoms with E-state index in [2.05, 4.69) is 15.3 Å². The second-order valence-electron chi connectivity index (χ2n) is 6.73. The van der Waals surface area contributed by atoms with Crippen molar-refractivity contribution in [2.24, 2.45) is 0 Å². The molecule has 0 bridgehead atoms. The first-order valence-corrected chi connectivity index (χ1v) is 10.00. The number of ether oxygens (including phenoxy) is 1. The van der Waals surface area contributed by atoms with Gasteiger partial charge in [0.25, 0.3) is 5.91 Å². The smallest absolute Gasteiger partial charge is 0.263 e. The van der Waals surface area contributed by atoms with Gasteiger partial charge in [0.2, 0.25) is 5.88 Å². The molecule has 1 N–H and O–H groups in total. The van der Waals surface area contributed by atoms with Crippen LogP contribution >= 0.6 is 11.3 Å². The van der Waals surface area contributed by atoms with Crippen molar-refractivity contribution in [2.75, 3.05) is 0 Å². The lowest BCUT2D eigenvalue weighted by atomic mass is 9.93. The summed E-state index contributed by atoms with van der Waals surface area (Å²) in [6.07, 6.45) is 9.41. The molecule has 0 aliphatic heterocycles. The third-order valence-corrected chi connectivity index (χ3v) is 5.92. The van der Waals surface area contributed by atoms with E-state index in [1.165, 1.54) is 11.3 Å². The lowest BCUT2D eigenvalue weighted by molar-refractivity contribution is 0.0893. The number of hydrogen-bond acceptors (Lipinski definition) is 5. The summed E-state index contributed by atoms with van der Waals surface area (Å²) in [5.41, 5.74) is 0.772. The van der Waals surface area contributed by atoms with E-state index in [1.54, 1.807) is 6.20 Å². The fourth-order valence-electron chi connectivity index (χ4n) is 3.33. The van der Waals surface area contributed by atoms with Crippen molar-refractivity contribution in [1.82, 2.24) is 19.9 Å². The molecule has 6 nitrogen and oxygen atoms in total. The fraction of sp³-hybridized carbons (Fsp3) is 0.350. The fourth-order valence-corrected chi connectivity index (χ4v) is 4.27. The minimum Gasteiger partial charge on any atom is -0.474 e. The van der Waals surface area contributed by atoms with Gasteiger partial charge in [0.15, 0.2) is 5.13 Å². The van der Waals surface area contributed by atoms with E-state index in [-0.39, 0.29) is 18.1 Å². The summed E-state index contributed by atoms with van der Waals surface area (Å²) in [5.74, 6) is 0.639. The van der Waals surface area contributed by atoms with Gasteiger partial charge in [-0.15, -0.1) is 0 Å². The Hall–Kier alpha value is -2.67. The zero-order chi connectivity index (χ0) is 18.6. The van der Waals surface area contributed by atoms with Crippen molar-refractivity contribution < 1.29 is 9.53 Å². The SMILES string of the molecule is Cc1nc(-n2cccc2)sc1C(=O)NC1CCC(Oc2ccccn2)CC1. The molecule has 0 aromatic carbocycles. The van der Waals surface area contributed by atoms with Gasteiger partial charge in [-0.05, 0) is 50.8 Å². The lowest BCUT2D eigenvalue weighted by Crippen LogP contribution is -2.39. The molecule has 7 heteroatoms. The number of nitrogens with one attached hydrogen (secondary N) is 1. The van der Waals surface area contributed by atoms with E-state index >= 15 is 0 Å². The van der Waals surface area contributed by atoms with Crippen LogP contribution in [0.15, 0.2) is 48.9 Å². The first kappa shape index (κ1) is 17.7. The van der Waals surface area contributed by atoms with Crippen LogP contribution in [-0.4, -0.2) is 32.6 Å². The van der Waals surface area contributed by atoms with Crippen LogP contribution in [-0.2, 0) is 0 Å². The Balaban J connectivity index is 1.32. The first-order valence-electron chi connectivity index (χ1n) is 9.18. The number of rotatable bonds is 5. The molecule has 1 aliphatic rings. The Morgan fingerprint density at radius 2 is 1.96 bits per heavy atom. The number of carbonyl (C=O) groups is 1. The van der Waals surface area contributed by atoms with Gasteiger partial charge in [0.05, 0.1) is 5.69 Å². The molecule has 27 heavy (non-hydrogen) atoms. The molecule has 0 spiro atoms.